The molecule has 9 heteroatoms. The van der Waals surface area contributed by atoms with Gasteiger partial charge in [0.1, 0.15) is 10.7 Å². The lowest BCUT2D eigenvalue weighted by Crippen LogP contribution is -2.33. The fourth-order valence-electron chi connectivity index (χ4n) is 3.93. The summed E-state index contributed by atoms with van der Waals surface area (Å²) in [5, 5.41) is 5.39. The van der Waals surface area contributed by atoms with Gasteiger partial charge in [-0.1, -0.05) is 48.9 Å². The second-order valence-corrected chi connectivity index (χ2v) is 9.07. The van der Waals surface area contributed by atoms with E-state index in [2.05, 4.69) is 10.6 Å². The van der Waals surface area contributed by atoms with Crippen molar-refractivity contribution in [3.8, 4) is 0 Å². The van der Waals surface area contributed by atoms with Gasteiger partial charge in [0.2, 0.25) is 0 Å². The first-order valence-corrected chi connectivity index (χ1v) is 12.4. The number of nitrogens with zero attached hydrogens (tertiary/aromatic N) is 1. The van der Waals surface area contributed by atoms with E-state index in [0.29, 0.717) is 23.5 Å². The van der Waals surface area contributed by atoms with Gasteiger partial charge in [0.25, 0.3) is 17.7 Å². The highest BCUT2D eigenvalue weighted by Crippen LogP contribution is 2.33. The molecule has 0 spiro atoms. The molecule has 0 atom stereocenters. The molecule has 0 bridgehead atoms. The minimum Gasteiger partial charge on any atom is -0.462 e. The van der Waals surface area contributed by atoms with Gasteiger partial charge in [-0.2, -0.15) is 0 Å². The lowest BCUT2D eigenvalue weighted by atomic mass is 10.1. The highest BCUT2D eigenvalue weighted by molar-refractivity contribution is 6.53. The van der Waals surface area contributed by atoms with Crippen molar-refractivity contribution in [1.29, 1.82) is 0 Å². The predicted molar refractivity (Wildman–Crippen MR) is 146 cm³/mol. The topological polar surface area (TPSA) is 105 Å². The summed E-state index contributed by atoms with van der Waals surface area (Å²) in [4.78, 5) is 52.5. The summed E-state index contributed by atoms with van der Waals surface area (Å²) in [6.07, 6.45) is 0.678. The smallest absolute Gasteiger partial charge is 0.340 e. The van der Waals surface area contributed by atoms with Gasteiger partial charge in [-0.05, 0) is 67.8 Å². The normalized spacial score (nSPS) is 13.1. The van der Waals surface area contributed by atoms with E-state index in [1.54, 1.807) is 54.6 Å². The number of hydrogen-bond donors (Lipinski definition) is 2. The quantitative estimate of drug-likeness (QED) is 0.291. The molecule has 1 heterocycles. The van der Waals surface area contributed by atoms with Gasteiger partial charge in [0.15, 0.2) is 0 Å². The van der Waals surface area contributed by atoms with Crippen LogP contribution in [0, 0.1) is 13.8 Å². The molecule has 0 fully saturated rings. The maximum absolute atomic E-state index is 13.2. The van der Waals surface area contributed by atoms with E-state index < -0.39 is 23.7 Å². The van der Waals surface area contributed by atoms with Crippen molar-refractivity contribution >= 4 is 52.4 Å². The van der Waals surface area contributed by atoms with Crippen LogP contribution < -0.4 is 15.5 Å². The maximum Gasteiger partial charge on any atom is 0.340 e. The molecular weight excluding hydrogens is 506 g/mol. The van der Waals surface area contributed by atoms with Crippen molar-refractivity contribution in [3.63, 3.8) is 0 Å². The van der Waals surface area contributed by atoms with Crippen molar-refractivity contribution in [2.45, 2.75) is 27.2 Å². The van der Waals surface area contributed by atoms with E-state index in [1.165, 1.54) is 6.07 Å². The molecule has 3 aromatic carbocycles. The summed E-state index contributed by atoms with van der Waals surface area (Å²) in [5.74, 6) is -2.23. The molecule has 0 saturated carbocycles. The molecule has 4 rings (SSSR count). The van der Waals surface area contributed by atoms with Crippen LogP contribution in [0.4, 0.5) is 17.1 Å². The number of benzene rings is 3. The standard InChI is InChI=1S/C29H26ClN3O5/c1-4-15-38-29(37)21-12-5-6-13-22(21)32-26(34)19-10-8-11-20(16-19)31-25-24(30)27(35)33(28(25)36)23-14-7-9-17(2)18(23)3/h5-14,16,31H,4,15H2,1-3H3,(H,32,34). The number of rotatable bonds is 8. The van der Waals surface area contributed by atoms with Gasteiger partial charge < -0.3 is 15.4 Å². The summed E-state index contributed by atoms with van der Waals surface area (Å²) >= 11 is 6.29. The average Bonchev–Trinajstić information content (AvgIpc) is 3.12. The Hall–Kier alpha value is -4.43. The second kappa shape index (κ2) is 11.3. The molecule has 3 amide bonds. The summed E-state index contributed by atoms with van der Waals surface area (Å²) in [7, 11) is 0. The number of halogens is 1. The van der Waals surface area contributed by atoms with E-state index in [-0.39, 0.29) is 28.5 Å². The van der Waals surface area contributed by atoms with Crippen LogP contribution in [0.5, 0.6) is 0 Å². The van der Waals surface area contributed by atoms with Crippen LogP contribution in [-0.2, 0) is 14.3 Å². The maximum atomic E-state index is 13.2. The van der Waals surface area contributed by atoms with Crippen LogP contribution in [0.15, 0.2) is 77.5 Å². The Morgan fingerprint density at radius 2 is 1.68 bits per heavy atom. The zero-order chi connectivity index (χ0) is 27.4. The molecule has 194 valence electrons. The molecule has 1 aliphatic heterocycles. The van der Waals surface area contributed by atoms with Crippen LogP contribution in [0.1, 0.15) is 45.2 Å². The molecule has 2 N–H and O–H groups in total. The highest BCUT2D eigenvalue weighted by atomic mass is 35.5. The molecule has 0 aromatic heterocycles. The Bertz CT molecular complexity index is 1480. The Morgan fingerprint density at radius 3 is 2.45 bits per heavy atom. The van der Waals surface area contributed by atoms with Crippen molar-refractivity contribution in [2.24, 2.45) is 0 Å². The number of imide groups is 1. The van der Waals surface area contributed by atoms with Gasteiger partial charge in [0.05, 0.1) is 23.5 Å². The minimum atomic E-state index is -0.631. The first-order chi connectivity index (χ1) is 18.2. The molecule has 0 unspecified atom stereocenters. The monoisotopic (exact) mass is 531 g/mol. The molecule has 0 aliphatic carbocycles. The molecule has 0 radical (unpaired) electrons. The summed E-state index contributed by atoms with van der Waals surface area (Å²) in [6.45, 7) is 5.88. The van der Waals surface area contributed by atoms with Gasteiger partial charge in [-0.15, -0.1) is 0 Å². The zero-order valence-electron chi connectivity index (χ0n) is 21.1. The number of para-hydroxylation sites is 1. The Morgan fingerprint density at radius 1 is 0.947 bits per heavy atom. The van der Waals surface area contributed by atoms with Gasteiger partial charge in [0, 0.05) is 11.3 Å². The van der Waals surface area contributed by atoms with E-state index in [9.17, 15) is 19.2 Å². The van der Waals surface area contributed by atoms with E-state index in [1.807, 2.05) is 26.8 Å². The van der Waals surface area contributed by atoms with Crippen LogP contribution in [0.2, 0.25) is 0 Å². The zero-order valence-corrected chi connectivity index (χ0v) is 21.9. The van der Waals surface area contributed by atoms with Crippen molar-refractivity contribution < 1.29 is 23.9 Å². The first kappa shape index (κ1) is 26.6. The summed E-state index contributed by atoms with van der Waals surface area (Å²) in [5.41, 5.74) is 3.28. The largest absolute Gasteiger partial charge is 0.462 e. The van der Waals surface area contributed by atoms with E-state index >= 15 is 0 Å². The van der Waals surface area contributed by atoms with E-state index in [4.69, 9.17) is 16.3 Å². The molecular formula is C29H26ClN3O5. The van der Waals surface area contributed by atoms with Gasteiger partial charge in [-0.3, -0.25) is 14.4 Å². The van der Waals surface area contributed by atoms with E-state index in [0.717, 1.165) is 16.0 Å². The SMILES string of the molecule is CCCOC(=O)c1ccccc1NC(=O)c1cccc(NC2=C(Cl)C(=O)N(c3cccc(C)c3C)C2=O)c1. The van der Waals surface area contributed by atoms with Crippen molar-refractivity contribution in [2.75, 3.05) is 22.1 Å². The number of esters is 1. The Kier molecular flexibility index (Phi) is 7.93. The summed E-state index contributed by atoms with van der Waals surface area (Å²) in [6, 6.07) is 18.3. The third-order valence-electron chi connectivity index (χ3n) is 6.07. The number of nitrogens with one attached hydrogen (secondary N) is 2. The summed E-state index contributed by atoms with van der Waals surface area (Å²) < 4.78 is 5.20. The third-order valence-corrected chi connectivity index (χ3v) is 6.42. The molecule has 1 aliphatic rings. The van der Waals surface area contributed by atoms with Crippen LogP contribution in [-0.4, -0.2) is 30.3 Å². The lowest BCUT2D eigenvalue weighted by Gasteiger charge is -2.18. The fourth-order valence-corrected chi connectivity index (χ4v) is 4.14. The number of carbonyl (C=O) groups excluding carboxylic acids is 4. The third kappa shape index (κ3) is 5.31. The van der Waals surface area contributed by atoms with Gasteiger partial charge in [-0.25, -0.2) is 9.69 Å². The number of carbonyl (C=O) groups is 4. The molecule has 8 nitrogen and oxygen atoms in total. The predicted octanol–water partition coefficient (Wildman–Crippen LogP) is 5.56. The number of hydrogen-bond acceptors (Lipinski definition) is 6. The number of anilines is 3. The fraction of sp³-hybridized carbons (Fsp3) is 0.172. The molecule has 3 aromatic rings. The number of amides is 3. The van der Waals surface area contributed by atoms with Crippen LogP contribution >= 0.6 is 11.6 Å². The second-order valence-electron chi connectivity index (χ2n) is 8.70. The lowest BCUT2D eigenvalue weighted by molar-refractivity contribution is -0.120. The molecule has 0 saturated heterocycles. The average molecular weight is 532 g/mol. The van der Waals surface area contributed by atoms with Gasteiger partial charge >= 0.3 is 5.97 Å². The molecule has 38 heavy (non-hydrogen) atoms. The van der Waals surface area contributed by atoms with Crippen LogP contribution in [0.3, 0.4) is 0 Å². The number of aryl methyl sites for hydroxylation is 1. The number of ether oxygens (including phenoxy) is 1. The minimum absolute atomic E-state index is 0.0841. The van der Waals surface area contributed by atoms with Crippen molar-refractivity contribution in [3.05, 3.63) is 99.7 Å². The Labute approximate surface area is 225 Å². The van der Waals surface area contributed by atoms with Crippen LogP contribution in [0.25, 0.3) is 0 Å². The highest BCUT2D eigenvalue weighted by Gasteiger charge is 2.39. The van der Waals surface area contributed by atoms with Crippen molar-refractivity contribution in [1.82, 2.24) is 0 Å². The first-order valence-electron chi connectivity index (χ1n) is 12.0. The Balaban J connectivity index is 1.54.